The number of amides is 1. The van der Waals surface area contributed by atoms with E-state index in [2.05, 4.69) is 5.32 Å². The fourth-order valence-electron chi connectivity index (χ4n) is 2.02. The molecule has 0 aliphatic carbocycles. The summed E-state index contributed by atoms with van der Waals surface area (Å²) in [6, 6.07) is 11.4. The number of aromatic nitrogens is 1. The third kappa shape index (κ3) is 4.05. The summed E-state index contributed by atoms with van der Waals surface area (Å²) in [5, 5.41) is 13.8. The maximum Gasteiger partial charge on any atom is 0.328 e. The number of pyridine rings is 1. The zero-order valence-corrected chi connectivity index (χ0v) is 12.1. The van der Waals surface area contributed by atoms with Crippen molar-refractivity contribution in [1.82, 2.24) is 5.32 Å². The van der Waals surface area contributed by atoms with Crippen LogP contribution in [0.1, 0.15) is 15.9 Å². The molecule has 22 heavy (non-hydrogen) atoms. The Hall–Kier alpha value is -2.89. The second-order valence-electron chi connectivity index (χ2n) is 4.69. The Morgan fingerprint density at radius 3 is 2.59 bits per heavy atom. The van der Waals surface area contributed by atoms with Crippen molar-refractivity contribution in [3.63, 3.8) is 0 Å². The molecular formula is C16H16N2O4. The zero-order chi connectivity index (χ0) is 15.9. The molecule has 1 atom stereocenters. The van der Waals surface area contributed by atoms with Gasteiger partial charge in [0.15, 0.2) is 12.4 Å². The van der Waals surface area contributed by atoms with Gasteiger partial charge in [-0.3, -0.25) is 4.79 Å². The van der Waals surface area contributed by atoms with Gasteiger partial charge >= 0.3 is 5.97 Å². The minimum Gasteiger partial charge on any atom is -0.619 e. The summed E-state index contributed by atoms with van der Waals surface area (Å²) in [6.45, 7) is 0. The maximum atomic E-state index is 12.1. The zero-order valence-electron chi connectivity index (χ0n) is 12.1. The quantitative estimate of drug-likeness (QED) is 0.504. The van der Waals surface area contributed by atoms with Gasteiger partial charge in [0.05, 0.1) is 7.11 Å². The first-order valence-corrected chi connectivity index (χ1v) is 6.71. The molecule has 114 valence electrons. The SMILES string of the molecule is COC(=O)[C@H](Cc1ccccc1)NC(=O)c1ccc[n+]([O-])c1. The molecule has 1 N–H and O–H groups in total. The van der Waals surface area contributed by atoms with Crippen LogP contribution in [0, 0.1) is 5.21 Å². The topological polar surface area (TPSA) is 82.3 Å². The van der Waals surface area contributed by atoms with E-state index in [9.17, 15) is 14.8 Å². The number of nitrogens with zero attached hydrogens (tertiary/aromatic N) is 1. The van der Waals surface area contributed by atoms with Crippen molar-refractivity contribution in [2.24, 2.45) is 0 Å². The third-order valence-electron chi connectivity index (χ3n) is 3.11. The fraction of sp³-hybridized carbons (Fsp3) is 0.188. The van der Waals surface area contributed by atoms with E-state index in [1.54, 1.807) is 0 Å². The number of methoxy groups -OCH3 is 1. The molecule has 2 rings (SSSR count). The first kappa shape index (κ1) is 15.5. The second-order valence-corrected chi connectivity index (χ2v) is 4.69. The highest BCUT2D eigenvalue weighted by molar-refractivity contribution is 5.96. The van der Waals surface area contributed by atoms with E-state index in [0.29, 0.717) is 11.2 Å². The number of hydrogen-bond acceptors (Lipinski definition) is 4. The summed E-state index contributed by atoms with van der Waals surface area (Å²) >= 11 is 0. The summed E-state index contributed by atoms with van der Waals surface area (Å²) in [5.74, 6) is -1.04. The van der Waals surface area contributed by atoms with Crippen molar-refractivity contribution >= 4 is 11.9 Å². The minimum atomic E-state index is -0.819. The smallest absolute Gasteiger partial charge is 0.328 e. The van der Waals surface area contributed by atoms with E-state index in [1.807, 2.05) is 30.3 Å². The Bertz CT molecular complexity index is 658. The van der Waals surface area contributed by atoms with E-state index in [4.69, 9.17) is 4.74 Å². The lowest BCUT2D eigenvalue weighted by Gasteiger charge is -2.16. The predicted octanol–water partition coefficient (Wildman–Crippen LogP) is 0.834. The van der Waals surface area contributed by atoms with Crippen molar-refractivity contribution in [1.29, 1.82) is 0 Å². The van der Waals surface area contributed by atoms with Crippen molar-refractivity contribution in [3.05, 3.63) is 71.2 Å². The van der Waals surface area contributed by atoms with Crippen LogP contribution in [0.2, 0.25) is 0 Å². The summed E-state index contributed by atoms with van der Waals surface area (Å²) in [5.41, 5.74) is 1.07. The van der Waals surface area contributed by atoms with E-state index in [0.717, 1.165) is 11.8 Å². The summed E-state index contributed by atoms with van der Waals surface area (Å²) in [6.07, 6.45) is 2.73. The number of carbonyl (C=O) groups is 2. The number of nitrogens with one attached hydrogen (secondary N) is 1. The highest BCUT2D eigenvalue weighted by Crippen LogP contribution is 2.06. The van der Waals surface area contributed by atoms with Gasteiger partial charge in [-0.2, -0.15) is 4.73 Å². The molecule has 0 aliphatic heterocycles. The first-order chi connectivity index (χ1) is 10.6. The molecule has 0 unspecified atom stereocenters. The monoisotopic (exact) mass is 300 g/mol. The van der Waals surface area contributed by atoms with Gasteiger partial charge in [-0.05, 0) is 11.6 Å². The summed E-state index contributed by atoms with van der Waals surface area (Å²) in [4.78, 5) is 24.0. The number of benzene rings is 1. The number of hydrogen-bond donors (Lipinski definition) is 1. The molecular weight excluding hydrogens is 284 g/mol. The maximum absolute atomic E-state index is 12.1. The van der Waals surface area contributed by atoms with Gasteiger partial charge in [0.1, 0.15) is 11.6 Å². The molecule has 0 spiro atoms. The van der Waals surface area contributed by atoms with Gasteiger partial charge in [0, 0.05) is 12.5 Å². The Kier molecular flexibility index (Phi) is 5.08. The van der Waals surface area contributed by atoms with E-state index >= 15 is 0 Å². The molecule has 1 aromatic heterocycles. The van der Waals surface area contributed by atoms with Crippen LogP contribution in [-0.4, -0.2) is 25.0 Å². The van der Waals surface area contributed by atoms with E-state index in [-0.39, 0.29) is 5.56 Å². The average molecular weight is 300 g/mol. The molecule has 0 fully saturated rings. The van der Waals surface area contributed by atoms with Crippen LogP contribution in [0.3, 0.4) is 0 Å². The molecule has 2 aromatic rings. The van der Waals surface area contributed by atoms with Crippen LogP contribution in [0.5, 0.6) is 0 Å². The Morgan fingerprint density at radius 2 is 1.95 bits per heavy atom. The number of rotatable bonds is 5. The van der Waals surface area contributed by atoms with Gasteiger partial charge in [-0.15, -0.1) is 0 Å². The Balaban J connectivity index is 2.13. The van der Waals surface area contributed by atoms with Crippen molar-refractivity contribution in [3.8, 4) is 0 Å². The molecule has 1 heterocycles. The Labute approximate surface area is 127 Å². The molecule has 0 radical (unpaired) electrons. The molecule has 1 aromatic carbocycles. The van der Waals surface area contributed by atoms with Crippen LogP contribution in [0.25, 0.3) is 0 Å². The van der Waals surface area contributed by atoms with Crippen molar-refractivity contribution < 1.29 is 19.1 Å². The normalized spacial score (nSPS) is 11.5. The molecule has 0 bridgehead atoms. The van der Waals surface area contributed by atoms with Crippen LogP contribution < -0.4 is 10.0 Å². The lowest BCUT2D eigenvalue weighted by molar-refractivity contribution is -0.605. The van der Waals surface area contributed by atoms with Crippen LogP contribution >= 0.6 is 0 Å². The number of esters is 1. The number of carbonyl (C=O) groups excluding carboxylic acids is 2. The highest BCUT2D eigenvalue weighted by atomic mass is 16.5. The van der Waals surface area contributed by atoms with E-state index < -0.39 is 17.9 Å². The van der Waals surface area contributed by atoms with Gasteiger partial charge in [-0.1, -0.05) is 30.3 Å². The van der Waals surface area contributed by atoms with Gasteiger partial charge in [-0.25, -0.2) is 4.79 Å². The van der Waals surface area contributed by atoms with Gasteiger partial charge in [0.2, 0.25) is 0 Å². The lowest BCUT2D eigenvalue weighted by Crippen LogP contribution is -2.43. The summed E-state index contributed by atoms with van der Waals surface area (Å²) in [7, 11) is 1.26. The molecule has 6 heteroatoms. The van der Waals surface area contributed by atoms with E-state index in [1.165, 1.54) is 25.4 Å². The molecule has 6 nitrogen and oxygen atoms in total. The predicted molar refractivity (Wildman–Crippen MR) is 78.8 cm³/mol. The molecule has 0 saturated carbocycles. The van der Waals surface area contributed by atoms with Crippen molar-refractivity contribution in [2.45, 2.75) is 12.5 Å². The minimum absolute atomic E-state index is 0.180. The lowest BCUT2D eigenvalue weighted by atomic mass is 10.1. The van der Waals surface area contributed by atoms with Crippen LogP contribution in [0.15, 0.2) is 54.9 Å². The fourth-order valence-corrected chi connectivity index (χ4v) is 2.02. The molecule has 0 aliphatic rings. The molecule has 0 saturated heterocycles. The standard InChI is InChI=1S/C16H16N2O4/c1-22-16(20)14(10-12-6-3-2-4-7-12)17-15(19)13-8-5-9-18(21)11-13/h2-9,11,14H,10H2,1H3,(H,17,19)/t14-/m0/s1. The average Bonchev–Trinajstić information content (AvgIpc) is 2.54. The van der Waals surface area contributed by atoms with Crippen molar-refractivity contribution in [2.75, 3.05) is 7.11 Å². The Morgan fingerprint density at radius 1 is 1.23 bits per heavy atom. The largest absolute Gasteiger partial charge is 0.619 e. The third-order valence-corrected chi connectivity index (χ3v) is 3.11. The second kappa shape index (κ2) is 7.21. The number of ether oxygens (including phenoxy) is 1. The van der Waals surface area contributed by atoms with Crippen LogP contribution in [-0.2, 0) is 16.0 Å². The first-order valence-electron chi connectivity index (χ1n) is 6.71. The van der Waals surface area contributed by atoms with Gasteiger partial charge in [0.25, 0.3) is 5.91 Å². The highest BCUT2D eigenvalue weighted by Gasteiger charge is 2.23. The molecule has 1 amide bonds. The van der Waals surface area contributed by atoms with Crippen LogP contribution in [0.4, 0.5) is 0 Å². The van der Waals surface area contributed by atoms with Gasteiger partial charge < -0.3 is 15.3 Å². The summed E-state index contributed by atoms with van der Waals surface area (Å²) < 4.78 is 5.25.